The minimum absolute atomic E-state index is 0.153. The van der Waals surface area contributed by atoms with Crippen LogP contribution in [0.2, 0.25) is 5.02 Å². The van der Waals surface area contributed by atoms with Gasteiger partial charge in [-0.15, -0.1) is 0 Å². The molecule has 0 radical (unpaired) electrons. The number of anilines is 1. The molecule has 0 bridgehead atoms. The summed E-state index contributed by atoms with van der Waals surface area (Å²) in [5, 5.41) is 4.56. The van der Waals surface area contributed by atoms with Crippen molar-refractivity contribution in [1.82, 2.24) is 4.98 Å². The molecule has 0 spiro atoms. The summed E-state index contributed by atoms with van der Waals surface area (Å²) >= 11 is 9.75. The maximum absolute atomic E-state index is 13.5. The van der Waals surface area contributed by atoms with Crippen LogP contribution in [-0.4, -0.2) is 10.9 Å². The number of aryl methyl sites for hydroxylation is 3. The van der Waals surface area contributed by atoms with Gasteiger partial charge in [0.1, 0.15) is 0 Å². The largest absolute Gasteiger partial charge is 0.322 e. The van der Waals surface area contributed by atoms with E-state index in [-0.39, 0.29) is 5.91 Å². The molecule has 0 atom stereocenters. The Bertz CT molecular complexity index is 1350. The van der Waals surface area contributed by atoms with Crippen molar-refractivity contribution in [2.45, 2.75) is 27.7 Å². The molecule has 0 aliphatic carbocycles. The van der Waals surface area contributed by atoms with Gasteiger partial charge in [-0.1, -0.05) is 51.3 Å². The van der Waals surface area contributed by atoms with E-state index in [2.05, 4.69) is 27.3 Å². The molecule has 1 N–H and O–H groups in total. The molecule has 0 saturated heterocycles. The van der Waals surface area contributed by atoms with E-state index in [4.69, 9.17) is 16.6 Å². The third-order valence-corrected chi connectivity index (χ3v) is 6.53. The first-order valence-corrected chi connectivity index (χ1v) is 11.2. The van der Waals surface area contributed by atoms with E-state index in [1.165, 1.54) is 0 Å². The standard InChI is InChI=1S/C26H22BrClN2O/c1-14-10-16(3)24-21(11-14)23(26(31)29-20-8-9-22(27)15(2)12-20)17(4)25(30-24)18-6-5-7-19(28)13-18/h5-13H,1-4H3,(H,29,31). The predicted octanol–water partition coefficient (Wildman–Crippen LogP) is 7.80. The summed E-state index contributed by atoms with van der Waals surface area (Å²) in [7, 11) is 0. The van der Waals surface area contributed by atoms with Crippen LogP contribution in [0.3, 0.4) is 0 Å². The van der Waals surface area contributed by atoms with E-state index < -0.39 is 0 Å². The fourth-order valence-electron chi connectivity index (χ4n) is 3.94. The third kappa shape index (κ3) is 4.23. The Kier molecular flexibility index (Phi) is 5.87. The second kappa shape index (κ2) is 8.45. The molecule has 3 aromatic carbocycles. The zero-order valence-electron chi connectivity index (χ0n) is 17.8. The van der Waals surface area contributed by atoms with E-state index in [1.807, 2.05) is 76.2 Å². The third-order valence-electron chi connectivity index (χ3n) is 5.41. The summed E-state index contributed by atoms with van der Waals surface area (Å²) in [6.07, 6.45) is 0. The van der Waals surface area contributed by atoms with Crippen molar-refractivity contribution in [2.75, 3.05) is 5.32 Å². The summed E-state index contributed by atoms with van der Waals surface area (Å²) in [4.78, 5) is 18.5. The Morgan fingerprint density at radius 2 is 1.74 bits per heavy atom. The second-order valence-electron chi connectivity index (χ2n) is 7.87. The number of aromatic nitrogens is 1. The molecular weight excluding hydrogens is 472 g/mol. The molecule has 4 aromatic rings. The Labute approximate surface area is 195 Å². The van der Waals surface area contributed by atoms with Crippen LogP contribution < -0.4 is 5.32 Å². The number of nitrogens with zero attached hydrogens (tertiary/aromatic N) is 1. The van der Waals surface area contributed by atoms with Crippen molar-refractivity contribution < 1.29 is 4.79 Å². The van der Waals surface area contributed by atoms with E-state index >= 15 is 0 Å². The van der Waals surface area contributed by atoms with Gasteiger partial charge in [0.2, 0.25) is 0 Å². The molecular formula is C26H22BrClN2O. The number of nitrogens with one attached hydrogen (secondary N) is 1. The van der Waals surface area contributed by atoms with Crippen LogP contribution in [0.1, 0.15) is 32.6 Å². The molecule has 31 heavy (non-hydrogen) atoms. The highest BCUT2D eigenvalue weighted by Gasteiger charge is 2.20. The van der Waals surface area contributed by atoms with Crippen molar-refractivity contribution in [3.63, 3.8) is 0 Å². The maximum atomic E-state index is 13.5. The topological polar surface area (TPSA) is 42.0 Å². The normalized spacial score (nSPS) is 11.0. The fourth-order valence-corrected chi connectivity index (χ4v) is 4.38. The van der Waals surface area contributed by atoms with E-state index in [9.17, 15) is 4.79 Å². The van der Waals surface area contributed by atoms with Gasteiger partial charge in [-0.3, -0.25) is 4.79 Å². The minimum atomic E-state index is -0.153. The minimum Gasteiger partial charge on any atom is -0.322 e. The first-order valence-electron chi connectivity index (χ1n) is 9.99. The SMILES string of the molecule is Cc1cc(C)c2nc(-c3cccc(Cl)c3)c(C)c(C(=O)Nc3ccc(Br)c(C)c3)c2c1. The van der Waals surface area contributed by atoms with Crippen LogP contribution in [0.15, 0.2) is 59.1 Å². The van der Waals surface area contributed by atoms with Gasteiger partial charge in [-0.05, 0) is 80.8 Å². The molecule has 1 heterocycles. The van der Waals surface area contributed by atoms with E-state index in [0.29, 0.717) is 10.6 Å². The van der Waals surface area contributed by atoms with Gasteiger partial charge in [0.15, 0.2) is 0 Å². The van der Waals surface area contributed by atoms with E-state index in [1.54, 1.807) is 0 Å². The quantitative estimate of drug-likeness (QED) is 0.316. The van der Waals surface area contributed by atoms with Crippen LogP contribution in [0.25, 0.3) is 22.2 Å². The monoisotopic (exact) mass is 492 g/mol. The average Bonchev–Trinajstić information content (AvgIpc) is 2.70. The molecule has 0 saturated carbocycles. The van der Waals surface area contributed by atoms with Gasteiger partial charge in [-0.25, -0.2) is 4.98 Å². The Morgan fingerprint density at radius 1 is 0.968 bits per heavy atom. The summed E-state index contributed by atoms with van der Waals surface area (Å²) in [5.41, 5.74) is 7.87. The molecule has 0 aliphatic heterocycles. The maximum Gasteiger partial charge on any atom is 0.256 e. The summed E-state index contributed by atoms with van der Waals surface area (Å²) < 4.78 is 1.01. The van der Waals surface area contributed by atoms with E-state index in [0.717, 1.165) is 54.6 Å². The molecule has 156 valence electrons. The first kappa shape index (κ1) is 21.5. The molecule has 4 rings (SSSR count). The number of fused-ring (bicyclic) bond motifs is 1. The molecule has 1 aromatic heterocycles. The number of pyridine rings is 1. The number of carbonyl (C=O) groups is 1. The van der Waals surface area contributed by atoms with Gasteiger partial charge in [-0.2, -0.15) is 0 Å². The number of hydrogen-bond acceptors (Lipinski definition) is 2. The zero-order valence-corrected chi connectivity index (χ0v) is 20.1. The van der Waals surface area contributed by atoms with Crippen LogP contribution in [0.5, 0.6) is 0 Å². The Balaban J connectivity index is 1.94. The fraction of sp³-hybridized carbons (Fsp3) is 0.154. The van der Waals surface area contributed by atoms with Gasteiger partial charge < -0.3 is 5.32 Å². The highest BCUT2D eigenvalue weighted by Crippen LogP contribution is 2.33. The van der Waals surface area contributed by atoms with Crippen molar-refractivity contribution in [2.24, 2.45) is 0 Å². The first-order chi connectivity index (χ1) is 14.7. The van der Waals surface area contributed by atoms with Gasteiger partial charge in [0.25, 0.3) is 5.91 Å². The number of halogens is 2. The molecule has 1 amide bonds. The lowest BCUT2D eigenvalue weighted by Gasteiger charge is -2.17. The lowest BCUT2D eigenvalue weighted by Crippen LogP contribution is -2.15. The summed E-state index contributed by atoms with van der Waals surface area (Å²) in [6.45, 7) is 8.00. The predicted molar refractivity (Wildman–Crippen MR) is 133 cm³/mol. The molecule has 0 aliphatic rings. The van der Waals surface area contributed by atoms with Gasteiger partial charge in [0, 0.05) is 26.1 Å². The second-order valence-corrected chi connectivity index (χ2v) is 9.16. The van der Waals surface area contributed by atoms with Gasteiger partial charge >= 0.3 is 0 Å². The number of amides is 1. The van der Waals surface area contributed by atoms with Crippen LogP contribution >= 0.6 is 27.5 Å². The Hall–Kier alpha value is -2.69. The molecule has 5 heteroatoms. The van der Waals surface area contributed by atoms with Crippen LogP contribution in [0.4, 0.5) is 5.69 Å². The number of carbonyl (C=O) groups excluding carboxylic acids is 1. The lowest BCUT2D eigenvalue weighted by molar-refractivity contribution is 0.102. The van der Waals surface area contributed by atoms with Crippen molar-refractivity contribution in [3.05, 3.63) is 91.9 Å². The van der Waals surface area contributed by atoms with Crippen molar-refractivity contribution in [3.8, 4) is 11.3 Å². The highest BCUT2D eigenvalue weighted by atomic mass is 79.9. The van der Waals surface area contributed by atoms with Crippen LogP contribution in [0, 0.1) is 27.7 Å². The average molecular weight is 494 g/mol. The Morgan fingerprint density at radius 3 is 2.45 bits per heavy atom. The number of rotatable bonds is 3. The van der Waals surface area contributed by atoms with Gasteiger partial charge in [0.05, 0.1) is 16.8 Å². The summed E-state index contributed by atoms with van der Waals surface area (Å²) in [5.74, 6) is -0.153. The van der Waals surface area contributed by atoms with Crippen LogP contribution in [-0.2, 0) is 0 Å². The number of benzene rings is 3. The lowest BCUT2D eigenvalue weighted by atomic mass is 9.94. The van der Waals surface area contributed by atoms with Crippen molar-refractivity contribution >= 4 is 50.0 Å². The smallest absolute Gasteiger partial charge is 0.256 e. The number of hydrogen-bond donors (Lipinski definition) is 1. The zero-order chi connectivity index (χ0) is 22.3. The highest BCUT2D eigenvalue weighted by molar-refractivity contribution is 9.10. The molecule has 3 nitrogen and oxygen atoms in total. The van der Waals surface area contributed by atoms with Crippen molar-refractivity contribution in [1.29, 1.82) is 0 Å². The summed E-state index contributed by atoms with van der Waals surface area (Å²) in [6, 6.07) is 17.5. The molecule has 0 fully saturated rings. The molecule has 0 unspecified atom stereocenters.